The molecule has 1 N–H and O–H groups in total. The summed E-state index contributed by atoms with van der Waals surface area (Å²) in [6.45, 7) is 1.78. The highest BCUT2D eigenvalue weighted by Crippen LogP contribution is 2.28. The standard InChI is InChI=1S/C20H19N9O2S/c1-27-12-16(11-26-27)32(30,31)29-6-4-28(5-7-29)17-3-2-14(9-22-17)19-18-15(8-21)10-23-20(18)25-13-24-19/h2-3,9-13H,4-7H2,1H3,(H,23,24,25). The second-order valence-corrected chi connectivity index (χ2v) is 9.34. The highest BCUT2D eigenvalue weighted by atomic mass is 32.2. The fraction of sp³-hybridized carbons (Fsp3) is 0.250. The van der Waals surface area contributed by atoms with E-state index in [1.165, 1.54) is 27.7 Å². The van der Waals surface area contributed by atoms with Crippen LogP contribution in [0.5, 0.6) is 0 Å². The quantitative estimate of drug-likeness (QED) is 0.490. The molecule has 0 amide bonds. The van der Waals surface area contributed by atoms with Crippen LogP contribution in [0.4, 0.5) is 5.82 Å². The van der Waals surface area contributed by atoms with Gasteiger partial charge in [0.15, 0.2) is 0 Å². The molecule has 0 unspecified atom stereocenters. The predicted molar refractivity (Wildman–Crippen MR) is 116 cm³/mol. The Balaban J connectivity index is 1.33. The molecule has 1 fully saturated rings. The van der Waals surface area contributed by atoms with Crippen molar-refractivity contribution in [1.82, 2.24) is 34.0 Å². The molecule has 4 aromatic rings. The third kappa shape index (κ3) is 3.37. The van der Waals surface area contributed by atoms with Gasteiger partial charge in [-0.25, -0.2) is 23.4 Å². The van der Waals surface area contributed by atoms with Crippen molar-refractivity contribution in [3.05, 3.63) is 48.8 Å². The minimum atomic E-state index is -3.55. The van der Waals surface area contributed by atoms with Crippen LogP contribution in [0.3, 0.4) is 0 Å². The van der Waals surface area contributed by atoms with E-state index in [1.807, 2.05) is 17.0 Å². The van der Waals surface area contributed by atoms with Crippen LogP contribution in [0.25, 0.3) is 22.3 Å². The van der Waals surface area contributed by atoms with Gasteiger partial charge in [0.05, 0.1) is 22.8 Å². The third-order valence-electron chi connectivity index (χ3n) is 5.49. The van der Waals surface area contributed by atoms with E-state index in [2.05, 4.69) is 31.1 Å². The number of pyridine rings is 1. The number of sulfonamides is 1. The summed E-state index contributed by atoms with van der Waals surface area (Å²) in [7, 11) is -1.86. The summed E-state index contributed by atoms with van der Waals surface area (Å²) in [5.41, 5.74) is 2.49. The van der Waals surface area contributed by atoms with E-state index < -0.39 is 10.0 Å². The van der Waals surface area contributed by atoms with Crippen LogP contribution in [0.15, 0.2) is 48.1 Å². The summed E-state index contributed by atoms with van der Waals surface area (Å²) in [6, 6.07) is 5.94. The van der Waals surface area contributed by atoms with Gasteiger partial charge in [0, 0.05) is 57.4 Å². The molecule has 1 aliphatic heterocycles. The second-order valence-electron chi connectivity index (χ2n) is 7.41. The average molecular weight is 450 g/mol. The molecule has 0 aromatic carbocycles. The average Bonchev–Trinajstić information content (AvgIpc) is 3.45. The van der Waals surface area contributed by atoms with Gasteiger partial charge in [-0.15, -0.1) is 0 Å². The highest BCUT2D eigenvalue weighted by Gasteiger charge is 2.29. The molecule has 0 spiro atoms. The molecule has 12 heteroatoms. The van der Waals surface area contributed by atoms with E-state index in [1.54, 1.807) is 19.4 Å². The van der Waals surface area contributed by atoms with Crippen molar-refractivity contribution >= 4 is 26.9 Å². The lowest BCUT2D eigenvalue weighted by molar-refractivity contribution is 0.384. The first-order valence-corrected chi connectivity index (χ1v) is 11.3. The van der Waals surface area contributed by atoms with E-state index in [4.69, 9.17) is 0 Å². The molecule has 0 bridgehead atoms. The molecule has 11 nitrogen and oxygen atoms in total. The normalized spacial score (nSPS) is 15.2. The van der Waals surface area contributed by atoms with Crippen molar-refractivity contribution in [2.45, 2.75) is 4.90 Å². The fourth-order valence-corrected chi connectivity index (χ4v) is 5.23. The molecule has 0 aliphatic carbocycles. The Morgan fingerprint density at radius 1 is 1.09 bits per heavy atom. The molecular formula is C20H19N9O2S. The minimum absolute atomic E-state index is 0.202. The minimum Gasteiger partial charge on any atom is -0.354 e. The summed E-state index contributed by atoms with van der Waals surface area (Å²) in [6.07, 6.45) is 7.65. The number of piperazine rings is 1. The van der Waals surface area contributed by atoms with E-state index in [0.717, 1.165) is 11.4 Å². The second kappa shape index (κ2) is 7.70. The number of rotatable bonds is 4. The van der Waals surface area contributed by atoms with Gasteiger partial charge < -0.3 is 9.88 Å². The Kier molecular flexibility index (Phi) is 4.84. The van der Waals surface area contributed by atoms with Crippen molar-refractivity contribution in [3.63, 3.8) is 0 Å². The number of hydrogen-bond acceptors (Lipinski definition) is 8. The Hall–Kier alpha value is -3.82. The molecule has 0 radical (unpaired) electrons. The van der Waals surface area contributed by atoms with Crippen molar-refractivity contribution in [3.8, 4) is 17.3 Å². The number of nitrogens with zero attached hydrogens (tertiary/aromatic N) is 8. The van der Waals surface area contributed by atoms with Gasteiger partial charge >= 0.3 is 0 Å². The number of anilines is 1. The van der Waals surface area contributed by atoms with Gasteiger partial charge in [0.25, 0.3) is 0 Å². The van der Waals surface area contributed by atoms with Crippen LogP contribution < -0.4 is 4.90 Å². The first-order chi connectivity index (χ1) is 15.5. The first-order valence-electron chi connectivity index (χ1n) is 9.90. The van der Waals surface area contributed by atoms with Crippen LogP contribution >= 0.6 is 0 Å². The van der Waals surface area contributed by atoms with Crippen molar-refractivity contribution in [2.24, 2.45) is 7.05 Å². The van der Waals surface area contributed by atoms with Gasteiger partial charge in [0.2, 0.25) is 10.0 Å². The van der Waals surface area contributed by atoms with Crippen LogP contribution in [0.1, 0.15) is 5.56 Å². The molecule has 1 aliphatic rings. The molecule has 5 heterocycles. The van der Waals surface area contributed by atoms with E-state index in [9.17, 15) is 13.7 Å². The number of hydrogen-bond donors (Lipinski definition) is 1. The topological polar surface area (TPSA) is 137 Å². The Labute approximate surface area is 184 Å². The number of nitrogens with one attached hydrogen (secondary N) is 1. The zero-order chi connectivity index (χ0) is 22.3. The maximum atomic E-state index is 12.8. The van der Waals surface area contributed by atoms with E-state index in [-0.39, 0.29) is 4.90 Å². The largest absolute Gasteiger partial charge is 0.354 e. The molecule has 0 saturated carbocycles. The molecular weight excluding hydrogens is 430 g/mol. The molecule has 32 heavy (non-hydrogen) atoms. The Bertz CT molecular complexity index is 1430. The smallest absolute Gasteiger partial charge is 0.246 e. The van der Waals surface area contributed by atoms with Crippen molar-refractivity contribution < 1.29 is 8.42 Å². The molecule has 162 valence electrons. The summed E-state index contributed by atoms with van der Waals surface area (Å²) < 4.78 is 28.5. The lowest BCUT2D eigenvalue weighted by Crippen LogP contribution is -2.48. The maximum Gasteiger partial charge on any atom is 0.246 e. The number of H-pyrrole nitrogens is 1. The third-order valence-corrected chi connectivity index (χ3v) is 7.34. The summed E-state index contributed by atoms with van der Waals surface area (Å²) >= 11 is 0. The lowest BCUT2D eigenvalue weighted by atomic mass is 10.1. The number of aryl methyl sites for hydroxylation is 1. The zero-order valence-corrected chi connectivity index (χ0v) is 18.0. The van der Waals surface area contributed by atoms with Crippen LogP contribution in [0, 0.1) is 11.3 Å². The predicted octanol–water partition coefficient (Wildman–Crippen LogP) is 1.14. The Morgan fingerprint density at radius 3 is 2.56 bits per heavy atom. The summed E-state index contributed by atoms with van der Waals surface area (Å²) in [5, 5.41) is 14.0. The molecule has 5 rings (SSSR count). The highest BCUT2D eigenvalue weighted by molar-refractivity contribution is 7.89. The zero-order valence-electron chi connectivity index (χ0n) is 17.2. The van der Waals surface area contributed by atoms with E-state index >= 15 is 0 Å². The van der Waals surface area contributed by atoms with Gasteiger partial charge in [-0.1, -0.05) is 0 Å². The number of fused-ring (bicyclic) bond motifs is 1. The number of nitriles is 1. The van der Waals surface area contributed by atoms with Crippen LogP contribution in [-0.4, -0.2) is 68.6 Å². The van der Waals surface area contributed by atoms with Gasteiger partial charge in [0.1, 0.15) is 28.8 Å². The number of aromatic amines is 1. The van der Waals surface area contributed by atoms with Crippen molar-refractivity contribution in [1.29, 1.82) is 5.26 Å². The van der Waals surface area contributed by atoms with Crippen molar-refractivity contribution in [2.75, 3.05) is 31.1 Å². The molecule has 4 aromatic heterocycles. The lowest BCUT2D eigenvalue weighted by Gasteiger charge is -2.34. The van der Waals surface area contributed by atoms with Crippen LogP contribution in [0.2, 0.25) is 0 Å². The van der Waals surface area contributed by atoms with E-state index in [0.29, 0.717) is 48.5 Å². The fourth-order valence-electron chi connectivity index (χ4n) is 3.82. The van der Waals surface area contributed by atoms with Gasteiger partial charge in [-0.05, 0) is 12.1 Å². The van der Waals surface area contributed by atoms with Crippen LogP contribution in [-0.2, 0) is 17.1 Å². The maximum absolute atomic E-state index is 12.8. The summed E-state index contributed by atoms with van der Waals surface area (Å²) in [5.74, 6) is 0.757. The molecule has 1 saturated heterocycles. The molecule has 0 atom stereocenters. The number of aromatic nitrogens is 6. The van der Waals surface area contributed by atoms with Gasteiger partial charge in [-0.3, -0.25) is 4.68 Å². The SMILES string of the molecule is Cn1cc(S(=O)(=O)N2CCN(c3ccc(-c4ncnc5[nH]cc(C#N)c45)cn3)CC2)cn1. The summed E-state index contributed by atoms with van der Waals surface area (Å²) in [4.78, 5) is 18.3. The Morgan fingerprint density at radius 2 is 1.91 bits per heavy atom. The first kappa shape index (κ1) is 20.1. The monoisotopic (exact) mass is 449 g/mol. The van der Waals surface area contributed by atoms with Gasteiger partial charge in [-0.2, -0.15) is 14.7 Å².